The van der Waals surface area contributed by atoms with Gasteiger partial charge in [0, 0.05) is 22.1 Å². The third kappa shape index (κ3) is 4.11. The summed E-state index contributed by atoms with van der Waals surface area (Å²) in [4.78, 5) is 11.6. The summed E-state index contributed by atoms with van der Waals surface area (Å²) in [6.07, 6.45) is -2.46. The minimum atomic E-state index is -4.58. The van der Waals surface area contributed by atoms with E-state index < -0.39 is 27.8 Å². The third-order valence-electron chi connectivity index (χ3n) is 4.18. The highest BCUT2D eigenvalue weighted by Crippen LogP contribution is 2.38. The standard InChI is InChI=1S/C18H12BrClF3NO3S/c19-16-6-3-12(20)9-15(16)17-10-13(25)7-8-24(17)28(26,27)14-4-1-11(2-5-14)18(21,22)23/h1-9,17H,10H2. The second-order valence-electron chi connectivity index (χ2n) is 6.02. The summed E-state index contributed by atoms with van der Waals surface area (Å²) in [6.45, 7) is 0. The largest absolute Gasteiger partial charge is 0.416 e. The lowest BCUT2D eigenvalue weighted by Gasteiger charge is -2.33. The fourth-order valence-corrected chi connectivity index (χ4v) is 4.97. The molecule has 0 fully saturated rings. The number of halogens is 5. The lowest BCUT2D eigenvalue weighted by Crippen LogP contribution is -2.34. The first-order valence-corrected chi connectivity index (χ1v) is 10.5. The number of hydrogen-bond donors (Lipinski definition) is 0. The zero-order chi connectivity index (χ0) is 20.7. The maximum atomic E-state index is 13.1. The molecule has 0 bridgehead atoms. The van der Waals surface area contributed by atoms with Gasteiger partial charge in [0.25, 0.3) is 10.0 Å². The molecule has 2 aromatic carbocycles. The second-order valence-corrected chi connectivity index (χ2v) is 9.16. The first-order chi connectivity index (χ1) is 13.0. The van der Waals surface area contributed by atoms with E-state index in [1.807, 2.05) is 0 Å². The maximum absolute atomic E-state index is 13.1. The Hall–Kier alpha value is -1.84. The van der Waals surface area contributed by atoms with Gasteiger partial charge in [-0.15, -0.1) is 0 Å². The number of carbonyl (C=O) groups excluding carboxylic acids is 1. The molecule has 1 heterocycles. The molecule has 1 unspecified atom stereocenters. The van der Waals surface area contributed by atoms with E-state index in [0.717, 1.165) is 28.7 Å². The van der Waals surface area contributed by atoms with Crippen LogP contribution in [0.4, 0.5) is 13.2 Å². The summed E-state index contributed by atoms with van der Waals surface area (Å²) in [5.74, 6) is -0.282. The van der Waals surface area contributed by atoms with Gasteiger partial charge in [-0.1, -0.05) is 27.5 Å². The van der Waals surface area contributed by atoms with Gasteiger partial charge in [0.2, 0.25) is 0 Å². The molecule has 0 radical (unpaired) electrons. The van der Waals surface area contributed by atoms with E-state index in [9.17, 15) is 26.4 Å². The molecule has 1 aliphatic rings. The number of nitrogens with zero attached hydrogens (tertiary/aromatic N) is 1. The number of benzene rings is 2. The summed E-state index contributed by atoms with van der Waals surface area (Å²) in [6, 6.07) is 7.08. The predicted octanol–water partition coefficient (Wildman–Crippen LogP) is 5.34. The van der Waals surface area contributed by atoms with E-state index in [-0.39, 0.29) is 17.1 Å². The normalized spacial score (nSPS) is 17.8. The Kier molecular flexibility index (Phi) is 5.62. The van der Waals surface area contributed by atoms with Gasteiger partial charge in [-0.3, -0.25) is 9.10 Å². The molecule has 0 aromatic heterocycles. The molecular weight excluding hydrogens is 483 g/mol. The van der Waals surface area contributed by atoms with Gasteiger partial charge in [-0.25, -0.2) is 8.42 Å². The molecule has 0 saturated carbocycles. The molecule has 0 N–H and O–H groups in total. The van der Waals surface area contributed by atoms with Crippen LogP contribution in [0.5, 0.6) is 0 Å². The number of hydrogen-bond acceptors (Lipinski definition) is 3. The van der Waals surface area contributed by atoms with Crippen molar-refractivity contribution in [3.8, 4) is 0 Å². The summed E-state index contributed by atoms with van der Waals surface area (Å²) in [7, 11) is -4.21. The number of carbonyl (C=O) groups is 1. The Morgan fingerprint density at radius 3 is 2.36 bits per heavy atom. The summed E-state index contributed by atoms with van der Waals surface area (Å²) >= 11 is 9.34. The zero-order valence-corrected chi connectivity index (χ0v) is 17.1. The molecule has 10 heteroatoms. The molecule has 28 heavy (non-hydrogen) atoms. The molecule has 1 atom stereocenters. The van der Waals surface area contributed by atoms with Crippen molar-refractivity contribution in [2.24, 2.45) is 0 Å². The maximum Gasteiger partial charge on any atom is 0.416 e. The first-order valence-electron chi connectivity index (χ1n) is 7.87. The van der Waals surface area contributed by atoms with Crippen LogP contribution in [0.25, 0.3) is 0 Å². The number of ketones is 1. The second kappa shape index (κ2) is 7.53. The summed E-state index contributed by atoms with van der Waals surface area (Å²) < 4.78 is 65.9. The lowest BCUT2D eigenvalue weighted by atomic mass is 9.99. The van der Waals surface area contributed by atoms with E-state index >= 15 is 0 Å². The Morgan fingerprint density at radius 1 is 1.11 bits per heavy atom. The molecular formula is C18H12BrClF3NO3S. The van der Waals surface area contributed by atoms with Crippen molar-refractivity contribution >= 4 is 43.3 Å². The third-order valence-corrected chi connectivity index (χ3v) is 6.94. The molecule has 0 saturated heterocycles. The van der Waals surface area contributed by atoms with Gasteiger partial charge in [-0.2, -0.15) is 13.2 Å². The molecule has 148 valence electrons. The van der Waals surface area contributed by atoms with Crippen molar-refractivity contribution < 1.29 is 26.4 Å². The molecule has 0 aliphatic carbocycles. The number of allylic oxidation sites excluding steroid dienone is 1. The van der Waals surface area contributed by atoms with Gasteiger partial charge in [0.05, 0.1) is 16.5 Å². The zero-order valence-electron chi connectivity index (χ0n) is 14.0. The number of sulfonamides is 1. The van der Waals surface area contributed by atoms with Gasteiger partial charge in [0.15, 0.2) is 5.78 Å². The Bertz CT molecular complexity index is 1050. The van der Waals surface area contributed by atoms with Crippen molar-refractivity contribution in [2.75, 3.05) is 0 Å². The van der Waals surface area contributed by atoms with Crippen LogP contribution in [0.15, 0.2) is 64.1 Å². The summed E-state index contributed by atoms with van der Waals surface area (Å²) in [5.41, 5.74) is -0.481. The van der Waals surface area contributed by atoms with Crippen molar-refractivity contribution in [1.29, 1.82) is 0 Å². The minimum Gasteiger partial charge on any atom is -0.295 e. The van der Waals surface area contributed by atoms with Gasteiger partial charge in [-0.05, 0) is 54.1 Å². The van der Waals surface area contributed by atoms with E-state index in [2.05, 4.69) is 15.9 Å². The monoisotopic (exact) mass is 493 g/mol. The Morgan fingerprint density at radius 2 is 1.75 bits per heavy atom. The van der Waals surface area contributed by atoms with Crippen molar-refractivity contribution in [2.45, 2.75) is 23.5 Å². The fraction of sp³-hybridized carbons (Fsp3) is 0.167. The van der Waals surface area contributed by atoms with Crippen molar-refractivity contribution in [3.05, 3.63) is 75.4 Å². The Balaban J connectivity index is 2.06. The van der Waals surface area contributed by atoms with Crippen LogP contribution in [-0.2, 0) is 21.0 Å². The van der Waals surface area contributed by atoms with E-state index in [1.54, 1.807) is 12.1 Å². The van der Waals surface area contributed by atoms with Crippen molar-refractivity contribution in [1.82, 2.24) is 4.31 Å². The lowest BCUT2D eigenvalue weighted by molar-refractivity contribution is -0.137. The van der Waals surface area contributed by atoms with Crippen LogP contribution in [0, 0.1) is 0 Å². The van der Waals surface area contributed by atoms with Gasteiger partial charge >= 0.3 is 6.18 Å². The highest BCUT2D eigenvalue weighted by molar-refractivity contribution is 9.10. The van der Waals surface area contributed by atoms with Crippen LogP contribution in [0.3, 0.4) is 0 Å². The first kappa shape index (κ1) is 20.9. The van der Waals surface area contributed by atoms with E-state index in [4.69, 9.17) is 11.6 Å². The van der Waals surface area contributed by atoms with Crippen LogP contribution in [0.1, 0.15) is 23.6 Å². The molecule has 4 nitrogen and oxygen atoms in total. The van der Waals surface area contributed by atoms with Crippen LogP contribution in [-0.4, -0.2) is 18.5 Å². The quantitative estimate of drug-likeness (QED) is 0.579. The van der Waals surface area contributed by atoms with E-state index in [0.29, 0.717) is 27.2 Å². The topological polar surface area (TPSA) is 54.5 Å². The average Bonchev–Trinajstić information content (AvgIpc) is 2.63. The number of alkyl halides is 3. The molecule has 2 aromatic rings. The average molecular weight is 495 g/mol. The molecule has 0 amide bonds. The molecule has 1 aliphatic heterocycles. The highest BCUT2D eigenvalue weighted by Gasteiger charge is 2.36. The van der Waals surface area contributed by atoms with Gasteiger partial charge < -0.3 is 0 Å². The highest BCUT2D eigenvalue weighted by atomic mass is 79.9. The minimum absolute atomic E-state index is 0.130. The molecule has 3 rings (SSSR count). The predicted molar refractivity (Wildman–Crippen MR) is 101 cm³/mol. The Labute approximate surface area is 172 Å². The SMILES string of the molecule is O=C1C=CN(S(=O)(=O)c2ccc(C(F)(F)F)cc2)C(c2cc(Cl)ccc2Br)C1. The molecule has 0 spiro atoms. The summed E-state index contributed by atoms with van der Waals surface area (Å²) in [5, 5.41) is 0.354. The number of rotatable bonds is 3. The van der Waals surface area contributed by atoms with Crippen LogP contribution >= 0.6 is 27.5 Å². The van der Waals surface area contributed by atoms with Crippen LogP contribution in [0.2, 0.25) is 5.02 Å². The van der Waals surface area contributed by atoms with Crippen molar-refractivity contribution in [3.63, 3.8) is 0 Å². The fourth-order valence-electron chi connectivity index (χ4n) is 2.81. The smallest absolute Gasteiger partial charge is 0.295 e. The van der Waals surface area contributed by atoms with E-state index in [1.165, 1.54) is 6.07 Å². The van der Waals surface area contributed by atoms with Gasteiger partial charge in [0.1, 0.15) is 0 Å². The van der Waals surface area contributed by atoms with Crippen LogP contribution < -0.4 is 0 Å².